The molecule has 0 aromatic carbocycles. The van der Waals surface area contributed by atoms with Gasteiger partial charge in [-0.1, -0.05) is 184 Å². The predicted octanol–water partition coefficient (Wildman–Crippen LogP) is 13.2. The highest BCUT2D eigenvalue weighted by Crippen LogP contribution is 2.15. The molecule has 288 valence electrons. The van der Waals surface area contributed by atoms with E-state index in [1.54, 1.807) is 0 Å². The van der Waals surface area contributed by atoms with Crippen LogP contribution in [0, 0.1) is 0 Å². The Labute approximate surface area is 309 Å². The van der Waals surface area contributed by atoms with Crippen molar-refractivity contribution in [1.82, 2.24) is 0 Å². The molecule has 0 rings (SSSR count). The van der Waals surface area contributed by atoms with Crippen LogP contribution in [-0.2, 0) is 19.1 Å². The summed E-state index contributed by atoms with van der Waals surface area (Å²) in [5.41, 5.74) is 0. The highest BCUT2D eigenvalue weighted by atomic mass is 16.6. The lowest BCUT2D eigenvalue weighted by molar-refractivity contribution is -0.161. The number of hydrogen-bond donors (Lipinski definition) is 1. The summed E-state index contributed by atoms with van der Waals surface area (Å²) in [5, 5.41) is 9.57. The summed E-state index contributed by atoms with van der Waals surface area (Å²) >= 11 is 0. The lowest BCUT2D eigenvalue weighted by Crippen LogP contribution is -2.28. The molecule has 0 aliphatic rings. The molecule has 5 heteroatoms. The number of carbonyl (C=O) groups is 2. The summed E-state index contributed by atoms with van der Waals surface area (Å²) < 4.78 is 10.6. The maximum Gasteiger partial charge on any atom is 0.306 e. The van der Waals surface area contributed by atoms with Crippen LogP contribution in [0.15, 0.2) is 60.8 Å². The molecule has 0 aromatic rings. The summed E-state index contributed by atoms with van der Waals surface area (Å²) in [5.74, 6) is -0.626. The molecule has 0 aromatic heterocycles. The zero-order valence-corrected chi connectivity index (χ0v) is 32.6. The third-order valence-corrected chi connectivity index (χ3v) is 8.83. The van der Waals surface area contributed by atoms with E-state index in [1.807, 2.05) is 0 Å². The maximum absolute atomic E-state index is 12.2. The van der Waals surface area contributed by atoms with Gasteiger partial charge in [0, 0.05) is 12.8 Å². The number of allylic oxidation sites excluding steroid dienone is 10. The van der Waals surface area contributed by atoms with Gasteiger partial charge in [-0.3, -0.25) is 9.59 Å². The van der Waals surface area contributed by atoms with Gasteiger partial charge in [0.15, 0.2) is 6.10 Å². The molecule has 0 aliphatic carbocycles. The van der Waals surface area contributed by atoms with Crippen LogP contribution >= 0.6 is 0 Å². The second kappa shape index (κ2) is 41.0. The molecule has 0 aliphatic heterocycles. The zero-order chi connectivity index (χ0) is 36.4. The normalized spacial score (nSPS) is 12.8. The van der Waals surface area contributed by atoms with Crippen LogP contribution in [0.1, 0.15) is 194 Å². The monoisotopic (exact) mass is 699 g/mol. The van der Waals surface area contributed by atoms with E-state index in [1.165, 1.54) is 89.9 Å². The van der Waals surface area contributed by atoms with E-state index in [0.717, 1.165) is 77.0 Å². The van der Waals surface area contributed by atoms with Gasteiger partial charge in [0.25, 0.3) is 0 Å². The number of carbonyl (C=O) groups excluding carboxylic acids is 2. The van der Waals surface area contributed by atoms with Crippen molar-refractivity contribution < 1.29 is 24.2 Å². The first kappa shape index (κ1) is 47.6. The lowest BCUT2D eigenvalue weighted by atomic mass is 10.0. The van der Waals surface area contributed by atoms with Crippen LogP contribution in [0.5, 0.6) is 0 Å². The van der Waals surface area contributed by atoms with Crippen LogP contribution in [-0.4, -0.2) is 36.4 Å². The van der Waals surface area contributed by atoms with Gasteiger partial charge in [-0.15, -0.1) is 0 Å². The number of unbranched alkanes of at least 4 members (excludes halogenated alkanes) is 19. The Morgan fingerprint density at radius 2 is 0.860 bits per heavy atom. The minimum atomic E-state index is -0.789. The third kappa shape index (κ3) is 38.4. The van der Waals surface area contributed by atoms with Crippen molar-refractivity contribution in [3.63, 3.8) is 0 Å². The van der Waals surface area contributed by atoms with Crippen LogP contribution in [0.4, 0.5) is 0 Å². The Morgan fingerprint density at radius 3 is 1.30 bits per heavy atom. The second-order valence-electron chi connectivity index (χ2n) is 13.7. The molecule has 0 spiro atoms. The van der Waals surface area contributed by atoms with E-state index in [9.17, 15) is 14.7 Å². The average Bonchev–Trinajstić information content (AvgIpc) is 3.12. The third-order valence-electron chi connectivity index (χ3n) is 8.83. The number of ether oxygens (including phenoxy) is 2. The minimum Gasteiger partial charge on any atom is -0.462 e. The molecular weight excluding hydrogens is 620 g/mol. The summed E-state index contributed by atoms with van der Waals surface area (Å²) in [4.78, 5) is 24.3. The van der Waals surface area contributed by atoms with Crippen molar-refractivity contribution >= 4 is 11.9 Å². The van der Waals surface area contributed by atoms with Gasteiger partial charge in [0.1, 0.15) is 6.61 Å². The largest absolute Gasteiger partial charge is 0.462 e. The summed E-state index contributed by atoms with van der Waals surface area (Å²) in [6, 6.07) is 0. The van der Waals surface area contributed by atoms with Gasteiger partial charge in [-0.05, 0) is 57.8 Å². The Balaban J connectivity index is 3.61. The molecule has 5 nitrogen and oxygen atoms in total. The van der Waals surface area contributed by atoms with E-state index in [4.69, 9.17) is 9.47 Å². The van der Waals surface area contributed by atoms with Crippen molar-refractivity contribution in [3.05, 3.63) is 60.8 Å². The fourth-order valence-electron chi connectivity index (χ4n) is 5.70. The zero-order valence-electron chi connectivity index (χ0n) is 32.6. The SMILES string of the molecule is CC/C=C\C/C=C\C/C=C\C/C=C\C/C=C\CCCCCC(=O)OC(CO)COC(=O)CCCCCCCCCCCCCCCCCCC. The highest BCUT2D eigenvalue weighted by molar-refractivity contribution is 5.70. The molecule has 0 saturated heterocycles. The molecule has 1 N–H and O–H groups in total. The summed E-state index contributed by atoms with van der Waals surface area (Å²) in [6.07, 6.45) is 52.8. The number of aliphatic hydroxyl groups is 1. The van der Waals surface area contributed by atoms with Gasteiger partial charge in [-0.2, -0.15) is 0 Å². The van der Waals surface area contributed by atoms with Gasteiger partial charge in [-0.25, -0.2) is 0 Å². The number of esters is 2. The molecule has 0 fully saturated rings. The van der Waals surface area contributed by atoms with Crippen LogP contribution in [0.2, 0.25) is 0 Å². The molecule has 50 heavy (non-hydrogen) atoms. The Hall–Kier alpha value is -2.40. The van der Waals surface area contributed by atoms with E-state index in [2.05, 4.69) is 74.6 Å². The predicted molar refractivity (Wildman–Crippen MR) is 214 cm³/mol. The van der Waals surface area contributed by atoms with Crippen molar-refractivity contribution in [2.75, 3.05) is 13.2 Å². The van der Waals surface area contributed by atoms with Gasteiger partial charge in [0.2, 0.25) is 0 Å². The average molecular weight is 699 g/mol. The topological polar surface area (TPSA) is 72.8 Å². The van der Waals surface area contributed by atoms with E-state index in [-0.39, 0.29) is 25.2 Å². The van der Waals surface area contributed by atoms with Gasteiger partial charge in [0.05, 0.1) is 6.61 Å². The minimum absolute atomic E-state index is 0.0793. The first-order valence-electron chi connectivity index (χ1n) is 20.8. The van der Waals surface area contributed by atoms with E-state index >= 15 is 0 Å². The first-order chi connectivity index (χ1) is 24.6. The Kier molecular flexibility index (Phi) is 39.1. The standard InChI is InChI=1S/C45H78O5/c1-3-5-7-9-11-13-15-17-19-21-22-24-26-28-30-32-34-36-38-40-45(48)50-43(41-46)42-49-44(47)39-37-35-33-31-29-27-25-23-20-18-16-14-12-10-8-6-4-2/h5,7,11,13,17,19,22,24,28,30,43,46H,3-4,6,8-10,12,14-16,18,20-21,23,25-27,29,31-42H2,1-2H3/b7-5-,13-11-,19-17-,24-22-,30-28-. The molecule has 0 bridgehead atoms. The van der Waals surface area contributed by atoms with Gasteiger partial charge < -0.3 is 14.6 Å². The fraction of sp³-hybridized carbons (Fsp3) is 0.733. The van der Waals surface area contributed by atoms with E-state index < -0.39 is 6.10 Å². The Morgan fingerprint density at radius 1 is 0.480 bits per heavy atom. The summed E-state index contributed by atoms with van der Waals surface area (Å²) in [6.45, 7) is 4.00. The summed E-state index contributed by atoms with van der Waals surface area (Å²) in [7, 11) is 0. The molecule has 0 saturated carbocycles. The molecule has 0 heterocycles. The second-order valence-corrected chi connectivity index (χ2v) is 13.7. The van der Waals surface area contributed by atoms with Crippen LogP contribution in [0.25, 0.3) is 0 Å². The first-order valence-corrected chi connectivity index (χ1v) is 20.8. The molecule has 0 amide bonds. The quantitative estimate of drug-likeness (QED) is 0.0397. The van der Waals surface area contributed by atoms with Crippen LogP contribution < -0.4 is 0 Å². The molecular formula is C45H78O5. The number of aliphatic hydroxyl groups excluding tert-OH is 1. The Bertz CT molecular complexity index is 884. The highest BCUT2D eigenvalue weighted by Gasteiger charge is 2.16. The van der Waals surface area contributed by atoms with Crippen molar-refractivity contribution in [1.29, 1.82) is 0 Å². The lowest BCUT2D eigenvalue weighted by Gasteiger charge is -2.15. The number of hydrogen-bond acceptors (Lipinski definition) is 5. The molecule has 0 radical (unpaired) electrons. The smallest absolute Gasteiger partial charge is 0.306 e. The van der Waals surface area contributed by atoms with Crippen molar-refractivity contribution in [3.8, 4) is 0 Å². The number of rotatable bonds is 37. The maximum atomic E-state index is 12.2. The fourth-order valence-corrected chi connectivity index (χ4v) is 5.70. The molecule has 1 atom stereocenters. The van der Waals surface area contributed by atoms with E-state index in [0.29, 0.717) is 12.8 Å². The van der Waals surface area contributed by atoms with Crippen molar-refractivity contribution in [2.45, 2.75) is 200 Å². The van der Waals surface area contributed by atoms with Gasteiger partial charge >= 0.3 is 11.9 Å². The van der Waals surface area contributed by atoms with Crippen LogP contribution in [0.3, 0.4) is 0 Å². The molecule has 1 unspecified atom stereocenters. The van der Waals surface area contributed by atoms with Crippen molar-refractivity contribution in [2.24, 2.45) is 0 Å².